The first-order valence-corrected chi connectivity index (χ1v) is 7.09. The maximum absolute atomic E-state index is 12.0. The number of likely N-dealkylation sites (tertiary alicyclic amines) is 1. The number of hydrogen-bond acceptors (Lipinski definition) is 2. The van der Waals surface area contributed by atoms with Crippen molar-refractivity contribution in [3.63, 3.8) is 0 Å². The first-order valence-electron chi connectivity index (χ1n) is 7.09. The first-order chi connectivity index (χ1) is 8.13. The summed E-state index contributed by atoms with van der Waals surface area (Å²) in [5.41, 5.74) is 0. The van der Waals surface area contributed by atoms with Gasteiger partial charge in [0.1, 0.15) is 0 Å². The Bertz CT molecular complexity index is 222. The van der Waals surface area contributed by atoms with Crippen LogP contribution in [0.3, 0.4) is 0 Å². The monoisotopic (exact) mass is 240 g/mol. The SMILES string of the molecule is CCCCN(C)CCC(=O)N1CCC(C)CC1. The van der Waals surface area contributed by atoms with Crippen molar-refractivity contribution in [1.82, 2.24) is 9.80 Å². The van der Waals surface area contributed by atoms with Gasteiger partial charge in [0.05, 0.1) is 0 Å². The van der Waals surface area contributed by atoms with E-state index >= 15 is 0 Å². The van der Waals surface area contributed by atoms with Crippen LogP contribution in [0.25, 0.3) is 0 Å². The third-order valence-electron chi connectivity index (χ3n) is 3.74. The number of carbonyl (C=O) groups is 1. The lowest BCUT2D eigenvalue weighted by Crippen LogP contribution is -2.39. The van der Waals surface area contributed by atoms with E-state index in [-0.39, 0.29) is 0 Å². The van der Waals surface area contributed by atoms with Gasteiger partial charge in [0.15, 0.2) is 0 Å². The van der Waals surface area contributed by atoms with Crippen molar-refractivity contribution in [1.29, 1.82) is 0 Å². The van der Waals surface area contributed by atoms with Crippen molar-refractivity contribution in [3.8, 4) is 0 Å². The molecule has 1 saturated heterocycles. The summed E-state index contributed by atoms with van der Waals surface area (Å²) in [6.07, 6.45) is 5.50. The van der Waals surface area contributed by atoms with Crippen LogP contribution in [0.1, 0.15) is 46.0 Å². The number of amides is 1. The van der Waals surface area contributed by atoms with Crippen molar-refractivity contribution in [3.05, 3.63) is 0 Å². The van der Waals surface area contributed by atoms with Gasteiger partial charge in [-0.3, -0.25) is 4.79 Å². The average Bonchev–Trinajstić information content (AvgIpc) is 2.34. The lowest BCUT2D eigenvalue weighted by molar-refractivity contribution is -0.132. The third kappa shape index (κ3) is 5.53. The number of nitrogens with zero attached hydrogens (tertiary/aromatic N) is 2. The Balaban J connectivity index is 2.16. The number of rotatable bonds is 6. The molecule has 0 saturated carbocycles. The van der Waals surface area contributed by atoms with Crippen molar-refractivity contribution in [2.45, 2.75) is 46.0 Å². The zero-order valence-corrected chi connectivity index (χ0v) is 11.7. The van der Waals surface area contributed by atoms with Crippen LogP contribution in [0.15, 0.2) is 0 Å². The summed E-state index contributed by atoms with van der Waals surface area (Å²) < 4.78 is 0. The quantitative estimate of drug-likeness (QED) is 0.711. The van der Waals surface area contributed by atoms with Gasteiger partial charge in [0.25, 0.3) is 0 Å². The predicted molar refractivity (Wildman–Crippen MR) is 72.0 cm³/mol. The second kappa shape index (κ2) is 7.70. The molecule has 1 fully saturated rings. The van der Waals surface area contributed by atoms with Gasteiger partial charge in [0, 0.05) is 26.1 Å². The molecule has 1 rings (SSSR count). The van der Waals surface area contributed by atoms with E-state index in [2.05, 4.69) is 25.8 Å². The minimum Gasteiger partial charge on any atom is -0.343 e. The normalized spacial score (nSPS) is 17.8. The summed E-state index contributed by atoms with van der Waals surface area (Å²) in [6.45, 7) is 8.44. The van der Waals surface area contributed by atoms with Crippen molar-refractivity contribution >= 4 is 5.91 Å². The van der Waals surface area contributed by atoms with Crippen LogP contribution in [0, 0.1) is 5.92 Å². The van der Waals surface area contributed by atoms with E-state index in [1.54, 1.807) is 0 Å². The lowest BCUT2D eigenvalue weighted by atomic mass is 9.99. The third-order valence-corrected chi connectivity index (χ3v) is 3.74. The van der Waals surface area contributed by atoms with Gasteiger partial charge in [-0.2, -0.15) is 0 Å². The number of unbranched alkanes of at least 4 members (excludes halogenated alkanes) is 1. The van der Waals surface area contributed by atoms with E-state index in [1.165, 1.54) is 25.7 Å². The van der Waals surface area contributed by atoms with E-state index in [1.807, 2.05) is 4.90 Å². The lowest BCUT2D eigenvalue weighted by Gasteiger charge is -2.30. The first kappa shape index (κ1) is 14.5. The highest BCUT2D eigenvalue weighted by atomic mass is 16.2. The van der Waals surface area contributed by atoms with Gasteiger partial charge >= 0.3 is 0 Å². The molecule has 0 N–H and O–H groups in total. The van der Waals surface area contributed by atoms with Gasteiger partial charge in [-0.05, 0) is 38.8 Å². The minimum atomic E-state index is 0.347. The molecule has 1 heterocycles. The fourth-order valence-corrected chi connectivity index (χ4v) is 2.24. The van der Waals surface area contributed by atoms with E-state index < -0.39 is 0 Å². The Morgan fingerprint density at radius 1 is 1.29 bits per heavy atom. The number of piperidine rings is 1. The van der Waals surface area contributed by atoms with Crippen LogP contribution in [0.4, 0.5) is 0 Å². The molecule has 0 aromatic rings. The summed E-state index contributed by atoms with van der Waals surface area (Å²) in [5, 5.41) is 0. The van der Waals surface area contributed by atoms with Crippen molar-refractivity contribution < 1.29 is 4.79 Å². The molecule has 0 aromatic heterocycles. The molecule has 0 atom stereocenters. The van der Waals surface area contributed by atoms with Crippen LogP contribution in [-0.2, 0) is 4.79 Å². The largest absolute Gasteiger partial charge is 0.343 e. The Labute approximate surface area is 106 Å². The van der Waals surface area contributed by atoms with Crippen LogP contribution >= 0.6 is 0 Å². The molecule has 0 radical (unpaired) electrons. The fourth-order valence-electron chi connectivity index (χ4n) is 2.24. The number of carbonyl (C=O) groups excluding carboxylic acids is 1. The van der Waals surface area contributed by atoms with E-state index in [0.717, 1.165) is 32.1 Å². The summed E-state index contributed by atoms with van der Waals surface area (Å²) in [7, 11) is 2.11. The Morgan fingerprint density at radius 3 is 2.53 bits per heavy atom. The highest BCUT2D eigenvalue weighted by Crippen LogP contribution is 2.16. The molecule has 3 heteroatoms. The van der Waals surface area contributed by atoms with Crippen LogP contribution in [0.2, 0.25) is 0 Å². The Kier molecular flexibility index (Phi) is 6.56. The van der Waals surface area contributed by atoms with Gasteiger partial charge in [-0.1, -0.05) is 20.3 Å². The van der Waals surface area contributed by atoms with Crippen LogP contribution in [-0.4, -0.2) is 48.9 Å². The van der Waals surface area contributed by atoms with Crippen LogP contribution in [0.5, 0.6) is 0 Å². The zero-order valence-electron chi connectivity index (χ0n) is 11.7. The molecule has 0 bridgehead atoms. The van der Waals surface area contributed by atoms with E-state index in [4.69, 9.17) is 0 Å². The smallest absolute Gasteiger partial charge is 0.223 e. The average molecular weight is 240 g/mol. The molecule has 3 nitrogen and oxygen atoms in total. The summed E-state index contributed by atoms with van der Waals surface area (Å²) in [5.74, 6) is 1.14. The second-order valence-corrected chi connectivity index (χ2v) is 5.47. The molecule has 0 aromatic carbocycles. The molecule has 17 heavy (non-hydrogen) atoms. The fraction of sp³-hybridized carbons (Fsp3) is 0.929. The molecule has 100 valence electrons. The standard InChI is InChI=1S/C14H28N2O/c1-4-5-9-15(3)10-8-14(17)16-11-6-13(2)7-12-16/h13H,4-12H2,1-3H3. The molecule has 1 aliphatic rings. The number of hydrogen-bond donors (Lipinski definition) is 0. The molecule has 0 aliphatic carbocycles. The topological polar surface area (TPSA) is 23.6 Å². The summed E-state index contributed by atoms with van der Waals surface area (Å²) >= 11 is 0. The minimum absolute atomic E-state index is 0.347. The molecule has 1 amide bonds. The molecular formula is C14H28N2O. The van der Waals surface area contributed by atoms with Gasteiger partial charge in [0.2, 0.25) is 5.91 Å². The van der Waals surface area contributed by atoms with Gasteiger partial charge in [-0.25, -0.2) is 0 Å². The van der Waals surface area contributed by atoms with Gasteiger partial charge in [-0.15, -0.1) is 0 Å². The van der Waals surface area contributed by atoms with Gasteiger partial charge < -0.3 is 9.80 Å². The molecule has 0 spiro atoms. The maximum atomic E-state index is 12.0. The molecule has 1 aliphatic heterocycles. The van der Waals surface area contributed by atoms with E-state index in [9.17, 15) is 4.79 Å². The predicted octanol–water partition coefficient (Wildman–Crippen LogP) is 2.37. The highest BCUT2D eigenvalue weighted by Gasteiger charge is 2.19. The maximum Gasteiger partial charge on any atom is 0.223 e. The molecular weight excluding hydrogens is 212 g/mol. The highest BCUT2D eigenvalue weighted by molar-refractivity contribution is 5.76. The van der Waals surface area contributed by atoms with E-state index in [0.29, 0.717) is 12.3 Å². The van der Waals surface area contributed by atoms with Crippen molar-refractivity contribution in [2.24, 2.45) is 5.92 Å². The second-order valence-electron chi connectivity index (χ2n) is 5.47. The molecule has 0 unspecified atom stereocenters. The van der Waals surface area contributed by atoms with Crippen molar-refractivity contribution in [2.75, 3.05) is 33.2 Å². The summed E-state index contributed by atoms with van der Waals surface area (Å²) in [4.78, 5) is 16.3. The Morgan fingerprint density at radius 2 is 1.94 bits per heavy atom. The summed E-state index contributed by atoms with van der Waals surface area (Å²) in [6, 6.07) is 0. The Hall–Kier alpha value is -0.570. The zero-order chi connectivity index (χ0) is 12.7. The van der Waals surface area contributed by atoms with Crippen LogP contribution < -0.4 is 0 Å².